The minimum atomic E-state index is 0.368. The Labute approximate surface area is 43.7 Å². The average Bonchev–Trinajstić information content (AvgIpc) is 2.17. The van der Waals surface area contributed by atoms with Gasteiger partial charge in [-0.25, -0.2) is 0 Å². The fraction of sp³-hybridized carbons (Fsp3) is 1.00. The van der Waals surface area contributed by atoms with Crippen LogP contribution in [0.25, 0.3) is 0 Å². The largest absolute Gasteiger partial charge is 0.634 e. The fourth-order valence-corrected chi connectivity index (χ4v) is 0.889. The van der Waals surface area contributed by atoms with Gasteiger partial charge in [0.25, 0.3) is 0 Å². The molecule has 3 atom stereocenters. The summed E-state index contributed by atoms with van der Waals surface area (Å²) in [5.74, 6) is 0.692. The second kappa shape index (κ2) is 1.46. The van der Waals surface area contributed by atoms with Gasteiger partial charge in [0.1, 0.15) is 0 Å². The molecule has 0 bridgehead atoms. The first-order chi connectivity index (χ1) is 3.22. The Morgan fingerprint density at radius 2 is 2.14 bits per heavy atom. The highest BCUT2D eigenvalue weighted by Crippen LogP contribution is 2.25. The second-order valence-corrected chi connectivity index (χ2v) is 2.43. The van der Waals surface area contributed by atoms with Gasteiger partial charge in [0.2, 0.25) is 0 Å². The van der Waals surface area contributed by atoms with Crippen molar-refractivity contribution < 1.29 is 5.06 Å². The minimum Gasteiger partial charge on any atom is -0.634 e. The Hall–Kier alpha value is -0.0800. The Morgan fingerprint density at radius 1 is 1.71 bits per heavy atom. The van der Waals surface area contributed by atoms with Gasteiger partial charge in [-0.1, -0.05) is 6.92 Å². The zero-order valence-electron chi connectivity index (χ0n) is 4.77. The van der Waals surface area contributed by atoms with Crippen LogP contribution in [0.3, 0.4) is 0 Å². The smallest absolute Gasteiger partial charge is 0.0902 e. The zero-order valence-corrected chi connectivity index (χ0v) is 4.77. The van der Waals surface area contributed by atoms with Gasteiger partial charge in [0, 0.05) is 12.3 Å². The molecule has 7 heavy (non-hydrogen) atoms. The van der Waals surface area contributed by atoms with Crippen LogP contribution in [0.15, 0.2) is 0 Å². The molecule has 2 nitrogen and oxygen atoms in total. The van der Waals surface area contributed by atoms with Gasteiger partial charge in [-0.2, -0.15) is 0 Å². The Morgan fingerprint density at radius 3 is 2.14 bits per heavy atom. The van der Waals surface area contributed by atoms with Gasteiger partial charge in [-0.3, -0.25) is 0 Å². The number of nitrogens with one attached hydrogen (secondary N) is 1. The first-order valence-corrected chi connectivity index (χ1v) is 2.72. The molecular formula is C5H11NO. The van der Waals surface area contributed by atoms with Crippen LogP contribution in [0, 0.1) is 11.1 Å². The predicted octanol–water partition coefficient (Wildman–Crippen LogP) is -0.593. The number of rotatable bonds is 1. The molecule has 0 aromatic rings. The molecule has 1 saturated carbocycles. The molecule has 0 aromatic carbocycles. The molecule has 1 aliphatic rings. The number of hydroxylamine groups is 2. The monoisotopic (exact) mass is 101 g/mol. The SMILES string of the molecule is CC1CC1[NH+](C)[O-]. The van der Waals surface area contributed by atoms with Crippen molar-refractivity contribution in [3.8, 4) is 0 Å². The lowest BCUT2D eigenvalue weighted by atomic mass is 10.5. The van der Waals surface area contributed by atoms with E-state index in [2.05, 4.69) is 6.92 Å². The average molecular weight is 101 g/mol. The first-order valence-electron chi connectivity index (χ1n) is 2.72. The van der Waals surface area contributed by atoms with Gasteiger partial charge < -0.3 is 10.3 Å². The van der Waals surface area contributed by atoms with Crippen LogP contribution >= 0.6 is 0 Å². The maximum absolute atomic E-state index is 10.4. The molecule has 0 aliphatic heterocycles. The van der Waals surface area contributed by atoms with Crippen LogP contribution in [-0.2, 0) is 0 Å². The molecule has 0 radical (unpaired) electrons. The molecule has 1 aliphatic carbocycles. The Kier molecular flexibility index (Phi) is 1.05. The van der Waals surface area contributed by atoms with Gasteiger partial charge in [0.05, 0.1) is 13.1 Å². The lowest BCUT2D eigenvalue weighted by molar-refractivity contribution is -0.839. The van der Waals surface area contributed by atoms with E-state index in [1.165, 1.54) is 0 Å². The third-order valence-electron chi connectivity index (χ3n) is 1.63. The number of hydrogen-bond acceptors (Lipinski definition) is 1. The molecule has 1 fully saturated rings. The highest BCUT2D eigenvalue weighted by atomic mass is 16.5. The van der Waals surface area contributed by atoms with Crippen LogP contribution < -0.4 is 5.06 Å². The normalized spacial score (nSPS) is 43.3. The molecule has 3 unspecified atom stereocenters. The van der Waals surface area contributed by atoms with Gasteiger partial charge in [0.15, 0.2) is 0 Å². The van der Waals surface area contributed by atoms with Crippen molar-refractivity contribution >= 4 is 0 Å². The molecule has 0 spiro atoms. The van der Waals surface area contributed by atoms with Crippen LogP contribution in [-0.4, -0.2) is 13.1 Å². The molecule has 2 heteroatoms. The molecule has 42 valence electrons. The van der Waals surface area contributed by atoms with Gasteiger partial charge in [-0.15, -0.1) is 0 Å². The van der Waals surface area contributed by atoms with Gasteiger partial charge >= 0.3 is 0 Å². The van der Waals surface area contributed by atoms with E-state index < -0.39 is 0 Å². The number of quaternary nitrogens is 1. The van der Waals surface area contributed by atoms with E-state index in [4.69, 9.17) is 0 Å². The van der Waals surface area contributed by atoms with E-state index in [0.29, 0.717) is 17.0 Å². The van der Waals surface area contributed by atoms with Crippen molar-refractivity contribution in [2.24, 2.45) is 5.92 Å². The summed E-state index contributed by atoms with van der Waals surface area (Å²) in [6.07, 6.45) is 1.13. The summed E-state index contributed by atoms with van der Waals surface area (Å²) in [5, 5.41) is 10.8. The fourth-order valence-electron chi connectivity index (χ4n) is 0.889. The summed E-state index contributed by atoms with van der Waals surface area (Å²) in [7, 11) is 1.67. The number of hydrogen-bond donors (Lipinski definition) is 1. The molecule has 0 aromatic heterocycles. The van der Waals surface area contributed by atoms with Crippen LogP contribution in [0.1, 0.15) is 13.3 Å². The highest BCUT2D eigenvalue weighted by molar-refractivity contribution is 4.81. The molecule has 1 rings (SSSR count). The standard InChI is InChI=1S/C5H11NO/c1-4-3-5(4)6(2)7/h4-6H,3H2,1-2H3. The quantitative estimate of drug-likeness (QED) is 0.439. The zero-order chi connectivity index (χ0) is 5.44. The van der Waals surface area contributed by atoms with Crippen molar-refractivity contribution in [1.29, 1.82) is 0 Å². The van der Waals surface area contributed by atoms with Crippen molar-refractivity contribution in [2.45, 2.75) is 19.4 Å². The van der Waals surface area contributed by atoms with Crippen LogP contribution in [0.4, 0.5) is 0 Å². The summed E-state index contributed by atoms with van der Waals surface area (Å²) < 4.78 is 0. The Bertz CT molecular complexity index is 72.5. The molecule has 1 N–H and O–H groups in total. The lowest BCUT2D eigenvalue weighted by Crippen LogP contribution is -3.05. The van der Waals surface area contributed by atoms with E-state index in [1.54, 1.807) is 7.05 Å². The maximum atomic E-state index is 10.4. The Balaban J connectivity index is 2.20. The third kappa shape index (κ3) is 0.924. The van der Waals surface area contributed by atoms with Gasteiger partial charge in [-0.05, 0) is 0 Å². The second-order valence-electron chi connectivity index (χ2n) is 2.43. The molecule has 0 amide bonds. The summed E-state index contributed by atoms with van der Waals surface area (Å²) >= 11 is 0. The first kappa shape index (κ1) is 5.06. The summed E-state index contributed by atoms with van der Waals surface area (Å²) in [6.45, 7) is 2.12. The lowest BCUT2D eigenvalue weighted by Gasteiger charge is -2.14. The topological polar surface area (TPSA) is 27.5 Å². The minimum absolute atomic E-state index is 0.368. The molecule has 0 heterocycles. The molecular weight excluding hydrogens is 90.1 g/mol. The summed E-state index contributed by atoms with van der Waals surface area (Å²) in [5.41, 5.74) is 0. The molecule has 0 saturated heterocycles. The third-order valence-corrected chi connectivity index (χ3v) is 1.63. The van der Waals surface area contributed by atoms with E-state index >= 15 is 0 Å². The van der Waals surface area contributed by atoms with Crippen LogP contribution in [0.2, 0.25) is 0 Å². The van der Waals surface area contributed by atoms with E-state index in [-0.39, 0.29) is 0 Å². The predicted molar refractivity (Wildman–Crippen MR) is 27.8 cm³/mol. The summed E-state index contributed by atoms with van der Waals surface area (Å²) in [4.78, 5) is 0. The van der Waals surface area contributed by atoms with E-state index in [1.807, 2.05) is 0 Å². The van der Waals surface area contributed by atoms with E-state index in [0.717, 1.165) is 6.42 Å². The maximum Gasteiger partial charge on any atom is 0.0902 e. The van der Waals surface area contributed by atoms with Crippen molar-refractivity contribution in [2.75, 3.05) is 7.05 Å². The van der Waals surface area contributed by atoms with Crippen molar-refractivity contribution in [1.82, 2.24) is 0 Å². The van der Waals surface area contributed by atoms with Crippen molar-refractivity contribution in [3.63, 3.8) is 0 Å². The van der Waals surface area contributed by atoms with Crippen LogP contribution in [0.5, 0.6) is 0 Å². The van der Waals surface area contributed by atoms with Crippen molar-refractivity contribution in [3.05, 3.63) is 5.21 Å². The van der Waals surface area contributed by atoms with E-state index in [9.17, 15) is 5.21 Å². The highest BCUT2D eigenvalue weighted by Gasteiger charge is 2.37. The summed E-state index contributed by atoms with van der Waals surface area (Å²) in [6, 6.07) is 0.431.